The van der Waals surface area contributed by atoms with E-state index in [-0.39, 0.29) is 23.2 Å². The van der Waals surface area contributed by atoms with E-state index in [0.29, 0.717) is 12.1 Å². The summed E-state index contributed by atoms with van der Waals surface area (Å²) in [6, 6.07) is 4.93. The van der Waals surface area contributed by atoms with Crippen LogP contribution < -0.4 is 10.6 Å². The molecule has 1 heterocycles. The third kappa shape index (κ3) is 3.18. The summed E-state index contributed by atoms with van der Waals surface area (Å²) in [4.78, 5) is 12.4. The third-order valence-electron chi connectivity index (χ3n) is 4.19. The minimum absolute atomic E-state index is 0.0400. The zero-order valence-electron chi connectivity index (χ0n) is 12.4. The molecular weight excluding hydrogens is 255 g/mol. The van der Waals surface area contributed by atoms with E-state index in [1.54, 1.807) is 13.0 Å². The van der Waals surface area contributed by atoms with Crippen LogP contribution in [0.1, 0.15) is 43.9 Å². The summed E-state index contributed by atoms with van der Waals surface area (Å²) in [6.07, 6.45) is 1.90. The summed E-state index contributed by atoms with van der Waals surface area (Å²) in [5.74, 6) is -0.188. The number of aryl methyl sites for hydroxylation is 1. The van der Waals surface area contributed by atoms with Crippen LogP contribution in [0.2, 0.25) is 0 Å². The lowest BCUT2D eigenvalue weighted by Crippen LogP contribution is -2.49. The topological polar surface area (TPSA) is 41.1 Å². The minimum Gasteiger partial charge on any atom is -0.349 e. The highest BCUT2D eigenvalue weighted by Gasteiger charge is 2.35. The number of carbonyl (C=O) groups is 1. The molecule has 1 aliphatic heterocycles. The van der Waals surface area contributed by atoms with E-state index in [1.807, 2.05) is 19.9 Å². The minimum atomic E-state index is -0.365. The molecule has 4 heteroatoms. The number of nitrogens with one attached hydrogen (secondary N) is 2. The van der Waals surface area contributed by atoms with Gasteiger partial charge in [-0.1, -0.05) is 12.1 Å². The Morgan fingerprint density at radius 1 is 1.50 bits per heavy atom. The van der Waals surface area contributed by atoms with E-state index in [9.17, 15) is 9.18 Å². The van der Waals surface area contributed by atoms with Crippen molar-refractivity contribution in [3.63, 3.8) is 0 Å². The van der Waals surface area contributed by atoms with Crippen molar-refractivity contribution in [2.75, 3.05) is 13.1 Å². The van der Waals surface area contributed by atoms with E-state index >= 15 is 0 Å². The third-order valence-corrected chi connectivity index (χ3v) is 4.19. The SMILES string of the molecule is Cc1ccc(C(C)NC(=O)C2(C)CCCNC2)cc1F. The highest BCUT2D eigenvalue weighted by Crippen LogP contribution is 2.27. The van der Waals surface area contributed by atoms with Crippen LogP contribution in [0, 0.1) is 18.2 Å². The van der Waals surface area contributed by atoms with Crippen LogP contribution in [0.25, 0.3) is 0 Å². The Kier molecular flexibility index (Phi) is 4.43. The number of rotatable bonds is 3. The second kappa shape index (κ2) is 5.92. The lowest BCUT2D eigenvalue weighted by molar-refractivity contribution is -0.131. The van der Waals surface area contributed by atoms with Gasteiger partial charge in [-0.3, -0.25) is 4.79 Å². The van der Waals surface area contributed by atoms with Crippen LogP contribution in [0.4, 0.5) is 4.39 Å². The lowest BCUT2D eigenvalue weighted by atomic mass is 9.81. The molecule has 1 amide bonds. The van der Waals surface area contributed by atoms with Crippen molar-refractivity contribution < 1.29 is 9.18 Å². The molecule has 0 bridgehead atoms. The van der Waals surface area contributed by atoms with Crippen molar-refractivity contribution in [2.45, 2.75) is 39.7 Å². The number of halogens is 1. The molecule has 3 nitrogen and oxygen atoms in total. The van der Waals surface area contributed by atoms with Gasteiger partial charge in [-0.25, -0.2) is 4.39 Å². The Morgan fingerprint density at radius 2 is 2.25 bits per heavy atom. The number of amides is 1. The van der Waals surface area contributed by atoms with E-state index < -0.39 is 0 Å². The van der Waals surface area contributed by atoms with E-state index in [4.69, 9.17) is 0 Å². The molecule has 0 saturated carbocycles. The van der Waals surface area contributed by atoms with Crippen molar-refractivity contribution in [2.24, 2.45) is 5.41 Å². The Balaban J connectivity index is 2.04. The summed E-state index contributed by atoms with van der Waals surface area (Å²) in [6.45, 7) is 7.28. The van der Waals surface area contributed by atoms with Crippen LogP contribution in [0.15, 0.2) is 18.2 Å². The molecule has 1 aromatic carbocycles. The molecule has 2 N–H and O–H groups in total. The summed E-state index contributed by atoms with van der Waals surface area (Å²) in [5.41, 5.74) is 1.06. The summed E-state index contributed by atoms with van der Waals surface area (Å²) < 4.78 is 13.6. The van der Waals surface area contributed by atoms with Gasteiger partial charge in [0.25, 0.3) is 0 Å². The Labute approximate surface area is 120 Å². The van der Waals surface area contributed by atoms with Gasteiger partial charge < -0.3 is 10.6 Å². The van der Waals surface area contributed by atoms with Gasteiger partial charge in [0.05, 0.1) is 11.5 Å². The molecule has 20 heavy (non-hydrogen) atoms. The van der Waals surface area contributed by atoms with Crippen LogP contribution in [0.5, 0.6) is 0 Å². The van der Waals surface area contributed by atoms with E-state index in [1.165, 1.54) is 6.07 Å². The molecule has 0 radical (unpaired) electrons. The van der Waals surface area contributed by atoms with E-state index in [2.05, 4.69) is 10.6 Å². The highest BCUT2D eigenvalue weighted by atomic mass is 19.1. The number of carbonyl (C=O) groups excluding carboxylic acids is 1. The predicted molar refractivity (Wildman–Crippen MR) is 77.9 cm³/mol. The Bertz CT molecular complexity index is 495. The standard InChI is InChI=1S/C16H23FN2O/c1-11-5-6-13(9-14(11)17)12(2)19-15(20)16(3)7-4-8-18-10-16/h5-6,9,12,18H,4,7-8,10H2,1-3H3,(H,19,20). The molecule has 2 atom stereocenters. The van der Waals surface area contributed by atoms with Crippen LogP contribution in [0.3, 0.4) is 0 Å². The fourth-order valence-corrected chi connectivity index (χ4v) is 2.58. The fourth-order valence-electron chi connectivity index (χ4n) is 2.58. The average molecular weight is 278 g/mol. The van der Waals surface area contributed by atoms with Crippen LogP contribution in [-0.2, 0) is 4.79 Å². The Morgan fingerprint density at radius 3 is 2.85 bits per heavy atom. The second-order valence-electron chi connectivity index (χ2n) is 6.04. The Hall–Kier alpha value is -1.42. The normalized spacial score (nSPS) is 24.2. The largest absolute Gasteiger partial charge is 0.349 e. The van der Waals surface area contributed by atoms with Crippen LogP contribution in [-0.4, -0.2) is 19.0 Å². The van der Waals surface area contributed by atoms with Crippen molar-refractivity contribution in [1.82, 2.24) is 10.6 Å². The maximum absolute atomic E-state index is 13.6. The molecule has 0 spiro atoms. The number of hydrogen-bond donors (Lipinski definition) is 2. The summed E-state index contributed by atoms with van der Waals surface area (Å²) >= 11 is 0. The van der Waals surface area contributed by atoms with Crippen molar-refractivity contribution in [3.8, 4) is 0 Å². The van der Waals surface area contributed by atoms with Crippen molar-refractivity contribution in [1.29, 1.82) is 0 Å². The molecule has 0 aliphatic carbocycles. The molecule has 1 aliphatic rings. The van der Waals surface area contributed by atoms with Crippen molar-refractivity contribution in [3.05, 3.63) is 35.1 Å². The molecule has 2 unspecified atom stereocenters. The molecule has 2 rings (SSSR count). The molecule has 1 saturated heterocycles. The predicted octanol–water partition coefficient (Wildman–Crippen LogP) is 2.70. The highest BCUT2D eigenvalue weighted by molar-refractivity contribution is 5.83. The zero-order valence-corrected chi connectivity index (χ0v) is 12.4. The first-order chi connectivity index (χ1) is 9.42. The first-order valence-electron chi connectivity index (χ1n) is 7.20. The van der Waals surface area contributed by atoms with Gasteiger partial charge in [0.15, 0.2) is 0 Å². The number of hydrogen-bond acceptors (Lipinski definition) is 2. The molecule has 1 fully saturated rings. The molecular formula is C16H23FN2O. The maximum atomic E-state index is 13.6. The second-order valence-corrected chi connectivity index (χ2v) is 6.04. The van der Waals surface area contributed by atoms with Gasteiger partial charge in [-0.05, 0) is 57.4 Å². The zero-order chi connectivity index (χ0) is 14.8. The van der Waals surface area contributed by atoms with Gasteiger partial charge in [0.1, 0.15) is 5.82 Å². The quantitative estimate of drug-likeness (QED) is 0.892. The molecule has 0 aromatic heterocycles. The number of benzene rings is 1. The molecule has 110 valence electrons. The van der Waals surface area contributed by atoms with Crippen LogP contribution >= 0.6 is 0 Å². The van der Waals surface area contributed by atoms with E-state index in [0.717, 1.165) is 24.9 Å². The van der Waals surface area contributed by atoms with Gasteiger partial charge >= 0.3 is 0 Å². The monoisotopic (exact) mass is 278 g/mol. The number of piperidine rings is 1. The smallest absolute Gasteiger partial charge is 0.227 e. The first-order valence-corrected chi connectivity index (χ1v) is 7.20. The van der Waals surface area contributed by atoms with Gasteiger partial charge in [0.2, 0.25) is 5.91 Å². The maximum Gasteiger partial charge on any atom is 0.227 e. The van der Waals surface area contributed by atoms with Crippen molar-refractivity contribution >= 4 is 5.91 Å². The first kappa shape index (κ1) is 15.0. The van der Waals surface area contributed by atoms with Gasteiger partial charge in [-0.2, -0.15) is 0 Å². The summed E-state index contributed by atoms with van der Waals surface area (Å²) in [7, 11) is 0. The fraction of sp³-hybridized carbons (Fsp3) is 0.562. The van der Waals surface area contributed by atoms with Gasteiger partial charge in [-0.15, -0.1) is 0 Å². The average Bonchev–Trinajstić information content (AvgIpc) is 2.42. The summed E-state index contributed by atoms with van der Waals surface area (Å²) in [5, 5.41) is 6.27. The molecule has 1 aromatic rings. The lowest BCUT2D eigenvalue weighted by Gasteiger charge is -2.33. The van der Waals surface area contributed by atoms with Gasteiger partial charge in [0, 0.05) is 6.54 Å².